The summed E-state index contributed by atoms with van der Waals surface area (Å²) in [6.45, 7) is 4.71. The first-order chi connectivity index (χ1) is 10.8. The molecule has 1 saturated heterocycles. The minimum Gasteiger partial charge on any atom is -0.571 e. The van der Waals surface area contributed by atoms with Gasteiger partial charge in [-0.2, -0.15) is 0 Å². The third kappa shape index (κ3) is 3.31. The highest BCUT2D eigenvalue weighted by atomic mass is 16.5. The van der Waals surface area contributed by atoms with E-state index in [-0.39, 0.29) is 0 Å². The molecule has 2 heterocycles. The molecule has 1 fully saturated rings. The van der Waals surface area contributed by atoms with Crippen molar-refractivity contribution in [3.8, 4) is 5.75 Å². The number of hydrogen-bond acceptors (Lipinski definition) is 5. The van der Waals surface area contributed by atoms with Crippen LogP contribution in [0.25, 0.3) is 11.0 Å². The lowest BCUT2D eigenvalue weighted by Crippen LogP contribution is -2.44. The van der Waals surface area contributed by atoms with Gasteiger partial charge >= 0.3 is 0 Å². The summed E-state index contributed by atoms with van der Waals surface area (Å²) in [5.41, 5.74) is 1.45. The number of ether oxygens (including phenoxy) is 1. The second kappa shape index (κ2) is 6.93. The van der Waals surface area contributed by atoms with E-state index < -0.39 is 0 Å². The molecule has 1 aromatic heterocycles. The van der Waals surface area contributed by atoms with Crippen molar-refractivity contribution in [1.29, 1.82) is 0 Å². The Bertz CT molecular complexity index is 622. The Labute approximate surface area is 130 Å². The van der Waals surface area contributed by atoms with Gasteiger partial charge in [-0.3, -0.25) is 5.32 Å². The molecule has 1 aliphatic heterocycles. The van der Waals surface area contributed by atoms with E-state index >= 15 is 0 Å². The molecule has 0 aliphatic carbocycles. The van der Waals surface area contributed by atoms with Crippen molar-refractivity contribution < 1.29 is 9.70 Å². The number of likely N-dealkylation sites (tertiary alicyclic amines) is 1. The highest BCUT2D eigenvalue weighted by molar-refractivity contribution is 5.75. The zero-order valence-electron chi connectivity index (χ0n) is 13.0. The van der Waals surface area contributed by atoms with Crippen LogP contribution in [-0.2, 0) is 6.67 Å². The average Bonchev–Trinajstić information content (AvgIpc) is 2.87. The molecule has 2 aromatic rings. The van der Waals surface area contributed by atoms with Crippen LogP contribution >= 0.6 is 0 Å². The third-order valence-electron chi connectivity index (χ3n) is 4.18. The first kappa shape index (κ1) is 15.1. The maximum absolute atomic E-state index is 11.9. The van der Waals surface area contributed by atoms with Gasteiger partial charge in [0.25, 0.3) is 0 Å². The van der Waals surface area contributed by atoms with Gasteiger partial charge in [-0.1, -0.05) is 11.1 Å². The second-order valence-corrected chi connectivity index (χ2v) is 5.67. The molecular formula is C15H23N5O2. The number of nitrogens with zero attached hydrogens (tertiary/aromatic N) is 4. The number of aromatic nitrogens is 3. The molecule has 0 radical (unpaired) electrons. The van der Waals surface area contributed by atoms with Crippen LogP contribution in [0, 0.1) is 5.21 Å². The molecule has 120 valence electrons. The zero-order valence-corrected chi connectivity index (χ0v) is 13.0. The van der Waals surface area contributed by atoms with E-state index in [0.29, 0.717) is 17.1 Å². The fraction of sp³-hybridized carbons (Fsp3) is 0.600. The molecule has 0 bridgehead atoms. The molecule has 22 heavy (non-hydrogen) atoms. The van der Waals surface area contributed by atoms with E-state index in [0.717, 1.165) is 24.4 Å². The van der Waals surface area contributed by atoms with Crippen molar-refractivity contribution in [1.82, 2.24) is 20.0 Å². The van der Waals surface area contributed by atoms with E-state index in [9.17, 15) is 5.21 Å². The highest BCUT2D eigenvalue weighted by Crippen LogP contribution is 2.17. The molecule has 0 atom stereocenters. The monoisotopic (exact) mass is 305 g/mol. The van der Waals surface area contributed by atoms with Gasteiger partial charge in [-0.25, -0.2) is 0 Å². The summed E-state index contributed by atoms with van der Waals surface area (Å²) in [6, 6.07) is 5.44. The fourth-order valence-corrected chi connectivity index (χ4v) is 2.91. The third-order valence-corrected chi connectivity index (χ3v) is 4.18. The fourth-order valence-electron chi connectivity index (χ4n) is 2.91. The molecule has 0 spiro atoms. The van der Waals surface area contributed by atoms with Gasteiger partial charge in [0.2, 0.25) is 0 Å². The maximum Gasteiger partial charge on any atom is 0.164 e. The van der Waals surface area contributed by atoms with Gasteiger partial charge in [-0.15, -0.1) is 0 Å². The maximum atomic E-state index is 11.9. The van der Waals surface area contributed by atoms with Crippen LogP contribution in [0.4, 0.5) is 0 Å². The lowest BCUT2D eigenvalue weighted by molar-refractivity contribution is -0.746. The van der Waals surface area contributed by atoms with Crippen LogP contribution in [-0.4, -0.2) is 48.0 Å². The summed E-state index contributed by atoms with van der Waals surface area (Å²) in [5.74, 6) is 0.725. The largest absolute Gasteiger partial charge is 0.571 e. The summed E-state index contributed by atoms with van der Waals surface area (Å²) < 4.78 is 6.79. The second-order valence-electron chi connectivity index (χ2n) is 5.67. The normalized spacial score (nSPS) is 16.2. The Hall–Kier alpha value is -1.86. The predicted molar refractivity (Wildman–Crippen MR) is 83.5 cm³/mol. The number of rotatable bonds is 6. The van der Waals surface area contributed by atoms with Crippen molar-refractivity contribution in [2.75, 3.05) is 33.3 Å². The van der Waals surface area contributed by atoms with Gasteiger partial charge in [-0.05, 0) is 38.1 Å². The molecule has 1 aliphatic rings. The lowest BCUT2D eigenvalue weighted by atomic mass is 10.1. The number of fused-ring (bicyclic) bond motifs is 1. The lowest BCUT2D eigenvalue weighted by Gasteiger charge is -2.26. The highest BCUT2D eigenvalue weighted by Gasteiger charge is 2.14. The van der Waals surface area contributed by atoms with Crippen molar-refractivity contribution >= 4 is 11.0 Å². The molecule has 7 nitrogen and oxygen atoms in total. The Balaban J connectivity index is 1.59. The standard InChI is InChI=1S/C15H23N5O2/c1-22-13-5-6-14-15(11-13)19(20(21)17-14)12-16-7-10-18-8-3-2-4-9-18/h5-6,11,16H,2-4,7-10,12H2,1H3. The van der Waals surface area contributed by atoms with Crippen LogP contribution in [0.15, 0.2) is 18.2 Å². The molecule has 0 amide bonds. The van der Waals surface area contributed by atoms with E-state index in [2.05, 4.69) is 15.3 Å². The van der Waals surface area contributed by atoms with Crippen LogP contribution in [0.3, 0.4) is 0 Å². The number of benzene rings is 1. The first-order valence-corrected chi connectivity index (χ1v) is 7.85. The van der Waals surface area contributed by atoms with Crippen LogP contribution < -0.4 is 15.0 Å². The number of piperidine rings is 1. The molecule has 0 unspecified atom stereocenters. The SMILES string of the molecule is COc1ccc2n[n+]([O-])n(CNCCN3CCCCC3)c2c1. The molecule has 0 saturated carbocycles. The van der Waals surface area contributed by atoms with Crippen molar-refractivity contribution in [3.05, 3.63) is 23.4 Å². The van der Waals surface area contributed by atoms with Crippen LogP contribution in [0.2, 0.25) is 0 Å². The Morgan fingerprint density at radius 2 is 2.14 bits per heavy atom. The molecule has 1 N–H and O–H groups in total. The van der Waals surface area contributed by atoms with E-state index in [1.165, 1.54) is 32.4 Å². The van der Waals surface area contributed by atoms with Crippen molar-refractivity contribution in [2.45, 2.75) is 25.9 Å². The Morgan fingerprint density at radius 3 is 2.91 bits per heavy atom. The van der Waals surface area contributed by atoms with E-state index in [1.54, 1.807) is 17.9 Å². The summed E-state index contributed by atoms with van der Waals surface area (Å²) in [4.78, 5) is 3.11. The van der Waals surface area contributed by atoms with Gasteiger partial charge in [0.1, 0.15) is 17.9 Å². The van der Waals surface area contributed by atoms with Crippen LogP contribution in [0.1, 0.15) is 19.3 Å². The average molecular weight is 305 g/mol. The van der Waals surface area contributed by atoms with Crippen molar-refractivity contribution in [3.63, 3.8) is 0 Å². The molecular weight excluding hydrogens is 282 g/mol. The Morgan fingerprint density at radius 1 is 1.32 bits per heavy atom. The van der Waals surface area contributed by atoms with E-state index in [1.807, 2.05) is 12.1 Å². The summed E-state index contributed by atoms with van der Waals surface area (Å²) in [5, 5.41) is 19.2. The summed E-state index contributed by atoms with van der Waals surface area (Å²) in [6.07, 6.45) is 3.95. The number of methoxy groups -OCH3 is 1. The predicted octanol–water partition coefficient (Wildman–Crippen LogP) is 0.711. The summed E-state index contributed by atoms with van der Waals surface area (Å²) in [7, 11) is 1.62. The minimum atomic E-state index is 0.445. The summed E-state index contributed by atoms with van der Waals surface area (Å²) >= 11 is 0. The first-order valence-electron chi connectivity index (χ1n) is 7.85. The van der Waals surface area contributed by atoms with Crippen LogP contribution in [0.5, 0.6) is 5.75 Å². The van der Waals surface area contributed by atoms with E-state index in [4.69, 9.17) is 4.74 Å². The number of hydrogen-bond donors (Lipinski definition) is 1. The quantitative estimate of drug-likeness (QED) is 0.484. The number of nitrogens with one attached hydrogen (secondary N) is 1. The van der Waals surface area contributed by atoms with Gasteiger partial charge in [0, 0.05) is 29.2 Å². The zero-order chi connectivity index (χ0) is 15.4. The topological polar surface area (TPSA) is 69.3 Å². The Kier molecular flexibility index (Phi) is 4.74. The molecule has 7 heteroatoms. The minimum absolute atomic E-state index is 0.445. The van der Waals surface area contributed by atoms with Gasteiger partial charge < -0.3 is 14.8 Å². The van der Waals surface area contributed by atoms with Gasteiger partial charge in [0.15, 0.2) is 5.52 Å². The van der Waals surface area contributed by atoms with Crippen molar-refractivity contribution in [2.24, 2.45) is 0 Å². The smallest absolute Gasteiger partial charge is 0.164 e. The molecule has 3 rings (SSSR count). The van der Waals surface area contributed by atoms with Gasteiger partial charge in [0.05, 0.1) is 7.11 Å². The molecule has 1 aromatic carbocycles.